The normalized spacial score (nSPS) is 19.1. The Morgan fingerprint density at radius 2 is 1.72 bits per heavy atom. The predicted molar refractivity (Wildman–Crippen MR) is 204 cm³/mol. The molecule has 1 atom stereocenters. The van der Waals surface area contributed by atoms with E-state index in [2.05, 4.69) is 25.5 Å². The van der Waals surface area contributed by atoms with Crippen molar-refractivity contribution >= 4 is 43.8 Å². The van der Waals surface area contributed by atoms with Crippen LogP contribution in [0.3, 0.4) is 0 Å². The summed E-state index contributed by atoms with van der Waals surface area (Å²) >= 11 is 0. The van der Waals surface area contributed by atoms with Gasteiger partial charge in [0.15, 0.2) is 0 Å². The van der Waals surface area contributed by atoms with Gasteiger partial charge in [0.1, 0.15) is 17.1 Å². The van der Waals surface area contributed by atoms with Crippen LogP contribution < -0.4 is 15.4 Å². The van der Waals surface area contributed by atoms with Gasteiger partial charge in [-0.2, -0.15) is 18.2 Å². The average molecular weight is 774 g/mol. The number of fused-ring (bicyclic) bond motifs is 1. The van der Waals surface area contributed by atoms with E-state index in [4.69, 9.17) is 14.4 Å². The van der Waals surface area contributed by atoms with Crippen molar-refractivity contribution in [3.8, 4) is 5.75 Å². The average Bonchev–Trinajstić information content (AvgIpc) is 3.46. The van der Waals surface area contributed by atoms with E-state index in [1.165, 1.54) is 7.11 Å². The van der Waals surface area contributed by atoms with E-state index >= 15 is 0 Å². The number of ether oxygens (including phenoxy) is 1. The molecule has 3 N–H and O–H groups in total. The summed E-state index contributed by atoms with van der Waals surface area (Å²) in [4.78, 5) is 39.5. The van der Waals surface area contributed by atoms with Crippen LogP contribution in [-0.2, 0) is 28.2 Å². The van der Waals surface area contributed by atoms with Crippen LogP contribution in [0.4, 0.5) is 36.3 Å². The second kappa shape index (κ2) is 18.5. The Balaban J connectivity index is 0.00000181. The Morgan fingerprint density at radius 1 is 1.04 bits per heavy atom. The molecule has 2 fully saturated rings. The molecular weight excluding hydrogens is 722 g/mol. The number of nitrogens with one attached hydrogen (secondary N) is 2. The number of aliphatic hydroxyl groups excluding tert-OH is 1. The molecule has 0 spiro atoms. The number of amides is 2. The zero-order valence-corrected chi connectivity index (χ0v) is 32.6. The molecule has 1 saturated carbocycles. The topological polar surface area (TPSA) is 132 Å². The molecular formula is C38H51F3N7O5P. The Kier molecular flexibility index (Phi) is 14.1. The van der Waals surface area contributed by atoms with Crippen molar-refractivity contribution in [3.05, 3.63) is 64.3 Å². The minimum atomic E-state index is -4.75. The molecule has 12 nitrogen and oxygen atoms in total. The largest absolute Gasteiger partial charge is 0.495 e. The van der Waals surface area contributed by atoms with E-state index in [1.807, 2.05) is 30.0 Å². The maximum Gasteiger partial charge on any atom is 0.421 e. The molecule has 3 heterocycles. The van der Waals surface area contributed by atoms with Crippen LogP contribution in [-0.4, -0.2) is 101 Å². The number of nitrogens with zero attached hydrogens (tertiary/aromatic N) is 5. The number of piperazine rings is 1. The van der Waals surface area contributed by atoms with Gasteiger partial charge in [0.25, 0.3) is 5.91 Å². The molecule has 0 radical (unpaired) electrons. The lowest BCUT2D eigenvalue weighted by Crippen LogP contribution is -2.52. The first kappa shape index (κ1) is 41.1. The van der Waals surface area contributed by atoms with E-state index in [0.717, 1.165) is 74.7 Å². The highest BCUT2D eigenvalue weighted by atomic mass is 31.1. The third-order valence-corrected chi connectivity index (χ3v) is 11.1. The maximum absolute atomic E-state index is 14.3. The van der Waals surface area contributed by atoms with Crippen molar-refractivity contribution < 1.29 is 37.1 Å². The predicted octanol–water partition coefficient (Wildman–Crippen LogP) is 6.90. The lowest BCUT2D eigenvalue weighted by Gasteiger charge is -2.42. The second-order valence-corrected chi connectivity index (χ2v) is 14.5. The number of carbonyl (C=O) groups excluding carboxylic acids is 2. The lowest BCUT2D eigenvalue weighted by molar-refractivity contribution is -0.137. The van der Waals surface area contributed by atoms with E-state index in [9.17, 15) is 22.8 Å². The molecule has 6 rings (SSSR count). The fraction of sp³-hybridized carbons (Fsp3) is 0.526. The summed E-state index contributed by atoms with van der Waals surface area (Å²) in [5.41, 5.74) is 3.00. The van der Waals surface area contributed by atoms with E-state index < -0.39 is 17.6 Å². The lowest BCUT2D eigenvalue weighted by atomic mass is 9.78. The van der Waals surface area contributed by atoms with Crippen LogP contribution in [0.2, 0.25) is 0 Å². The van der Waals surface area contributed by atoms with Gasteiger partial charge in [-0.15, -0.1) is 0 Å². The molecule has 0 bridgehead atoms. The fourth-order valence-corrected chi connectivity index (χ4v) is 8.09. The first-order valence-corrected chi connectivity index (χ1v) is 19.5. The number of aromatic nitrogens is 2. The number of methoxy groups -OCH3 is 1. The molecule has 294 valence electrons. The zero-order chi connectivity index (χ0) is 39.0. The number of carbonyl (C=O) groups is 2. The van der Waals surface area contributed by atoms with Crippen LogP contribution in [0.15, 0.2) is 36.5 Å². The first-order chi connectivity index (χ1) is 25.9. The molecule has 2 amide bonds. The molecule has 2 aliphatic heterocycles. The summed E-state index contributed by atoms with van der Waals surface area (Å²) in [5, 5.41) is 13.4. The molecule has 3 aromatic rings. The third kappa shape index (κ3) is 9.79. The van der Waals surface area contributed by atoms with Gasteiger partial charge in [-0.25, -0.2) is 4.98 Å². The van der Waals surface area contributed by atoms with Crippen molar-refractivity contribution in [1.82, 2.24) is 24.7 Å². The minimum absolute atomic E-state index is 0.0658. The number of halogens is 3. The Bertz CT molecular complexity index is 1770. The summed E-state index contributed by atoms with van der Waals surface area (Å²) in [6.07, 6.45) is 0.614. The minimum Gasteiger partial charge on any atom is -0.495 e. The van der Waals surface area contributed by atoms with Crippen molar-refractivity contribution in [2.24, 2.45) is 0 Å². The van der Waals surface area contributed by atoms with Gasteiger partial charge in [0.05, 0.1) is 24.0 Å². The Hall–Kier alpha value is -4.04. The number of alkyl halides is 3. The highest BCUT2D eigenvalue weighted by Gasteiger charge is 2.38. The molecule has 3 aliphatic rings. The highest BCUT2D eigenvalue weighted by Crippen LogP contribution is 2.43. The summed E-state index contributed by atoms with van der Waals surface area (Å²) in [5.74, 6) is 0.0660. The molecule has 16 heteroatoms. The van der Waals surface area contributed by atoms with Crippen LogP contribution in [0.1, 0.15) is 85.0 Å². The summed E-state index contributed by atoms with van der Waals surface area (Å²) in [6.45, 7) is 9.74. The number of rotatable bonds is 11. The number of hydrogen-bond acceptors (Lipinski definition) is 10. The standard InChI is InChI=1S/C36H45F3N7O4P.C2H6O/c1-5-50-51-21-23-6-12-29(31(18-23)49-4)42-35-40-19-28(36(37,38)39)33(43-35)41-30-13-11-26(27-20-44(3)34(48)32(27)30)24-7-9-25(10-8-24)46-16-14-45(15-17-46)22(2)47;1-2-3/h6,11-13,18-19,24-25,51H,5,7-10,14-17,20-21H2,1-4H3,(H2,40,41,42,43);3H,2H2,1H3. The summed E-state index contributed by atoms with van der Waals surface area (Å²) in [7, 11) is 3.52. The van der Waals surface area contributed by atoms with Gasteiger partial charge in [-0.3, -0.25) is 14.5 Å². The molecule has 1 unspecified atom stereocenters. The van der Waals surface area contributed by atoms with Crippen molar-refractivity contribution in [1.29, 1.82) is 0 Å². The van der Waals surface area contributed by atoms with Crippen molar-refractivity contribution in [2.75, 3.05) is 64.2 Å². The molecule has 1 aliphatic carbocycles. The number of hydrogen-bond donors (Lipinski definition) is 3. The zero-order valence-electron chi connectivity index (χ0n) is 31.6. The van der Waals surface area contributed by atoms with Gasteiger partial charge in [-0.05, 0) is 80.3 Å². The number of anilines is 4. The van der Waals surface area contributed by atoms with Gasteiger partial charge in [0.2, 0.25) is 11.9 Å². The molecule has 54 heavy (non-hydrogen) atoms. The Labute approximate surface area is 316 Å². The van der Waals surface area contributed by atoms with Gasteiger partial charge >= 0.3 is 6.18 Å². The van der Waals surface area contributed by atoms with Gasteiger partial charge in [-0.1, -0.05) is 12.1 Å². The number of aliphatic hydroxyl groups is 1. The smallest absolute Gasteiger partial charge is 0.421 e. The van der Waals surface area contributed by atoms with E-state index in [-0.39, 0.29) is 36.0 Å². The fourth-order valence-electron chi connectivity index (χ4n) is 7.40. The second-order valence-electron chi connectivity index (χ2n) is 13.6. The van der Waals surface area contributed by atoms with Crippen LogP contribution in [0, 0.1) is 0 Å². The maximum atomic E-state index is 14.3. The Morgan fingerprint density at radius 3 is 2.35 bits per heavy atom. The highest BCUT2D eigenvalue weighted by molar-refractivity contribution is 7.31. The van der Waals surface area contributed by atoms with Crippen LogP contribution in [0.5, 0.6) is 5.75 Å². The SMILES string of the molecule is CCO.CCOPCc1ccc(Nc2ncc(C(F)(F)F)c(Nc3ccc(C4CCC(N5CCN(C(C)=O)CC5)CC4)c4c3C(=O)N(C)C4)n2)c(OC)c1. The summed E-state index contributed by atoms with van der Waals surface area (Å²) < 4.78 is 53.8. The van der Waals surface area contributed by atoms with Crippen LogP contribution in [0.25, 0.3) is 0 Å². The third-order valence-electron chi connectivity index (χ3n) is 10.1. The molecule has 1 aromatic heterocycles. The van der Waals surface area contributed by atoms with Gasteiger partial charge < -0.3 is 34.8 Å². The van der Waals surface area contributed by atoms with Crippen LogP contribution >= 0.6 is 8.81 Å². The quantitative estimate of drug-likeness (QED) is 0.140. The monoisotopic (exact) mass is 773 g/mol. The van der Waals surface area contributed by atoms with E-state index in [1.54, 1.807) is 37.9 Å². The first-order valence-electron chi connectivity index (χ1n) is 18.4. The van der Waals surface area contributed by atoms with Gasteiger partial charge in [0, 0.05) is 87.1 Å². The number of benzene rings is 2. The van der Waals surface area contributed by atoms with Crippen molar-refractivity contribution in [3.63, 3.8) is 0 Å². The van der Waals surface area contributed by atoms with E-state index in [0.29, 0.717) is 51.2 Å². The molecule has 1 saturated heterocycles. The van der Waals surface area contributed by atoms with Crippen molar-refractivity contribution in [2.45, 2.75) is 77.3 Å². The molecule has 2 aromatic carbocycles. The summed E-state index contributed by atoms with van der Waals surface area (Å²) in [6, 6.07) is 9.60.